The smallest absolute Gasteiger partial charge is 0.0723 e. The van der Waals surface area contributed by atoms with Crippen molar-refractivity contribution in [3.8, 4) is 0 Å². The molecule has 46 valence electrons. The lowest BCUT2D eigenvalue weighted by molar-refractivity contribution is 0.317. The Bertz CT molecular complexity index is 111. The molecule has 3 nitrogen and oxygen atoms in total. The fourth-order valence-corrected chi connectivity index (χ4v) is 0.871. The van der Waals surface area contributed by atoms with E-state index in [1.54, 1.807) is 0 Å². The molecule has 8 heavy (non-hydrogen) atoms. The zero-order valence-corrected chi connectivity index (χ0v) is 4.96. The molecule has 3 heteroatoms. The fourth-order valence-electron chi connectivity index (χ4n) is 0.871. The van der Waals surface area contributed by atoms with Gasteiger partial charge in [-0.1, -0.05) is 5.16 Å². The van der Waals surface area contributed by atoms with Crippen LogP contribution in [0.15, 0.2) is 5.16 Å². The Kier molecular flexibility index (Phi) is 1.48. The van der Waals surface area contributed by atoms with E-state index in [9.17, 15) is 0 Å². The highest BCUT2D eigenvalue weighted by Gasteiger charge is 2.12. The minimum atomic E-state index is 0.830. The Labute approximate surface area is 48.6 Å². The molecule has 1 fully saturated rings. The minimum absolute atomic E-state index is 0.830. The van der Waals surface area contributed by atoms with Crippen molar-refractivity contribution in [2.75, 3.05) is 20.1 Å². The highest BCUT2D eigenvalue weighted by atomic mass is 16.4. The van der Waals surface area contributed by atoms with Crippen molar-refractivity contribution < 1.29 is 5.21 Å². The van der Waals surface area contributed by atoms with Gasteiger partial charge in [-0.25, -0.2) is 0 Å². The molecule has 0 aromatic heterocycles. The number of hydrogen-bond acceptors (Lipinski definition) is 3. The zero-order chi connectivity index (χ0) is 5.98. The second-order valence-electron chi connectivity index (χ2n) is 2.15. The first-order valence-electron chi connectivity index (χ1n) is 2.71. The molecule has 1 aliphatic rings. The molecule has 0 amide bonds. The lowest BCUT2D eigenvalue weighted by Crippen LogP contribution is -2.13. The average Bonchev–Trinajstić information content (AvgIpc) is 2.14. The third-order valence-corrected chi connectivity index (χ3v) is 1.38. The van der Waals surface area contributed by atoms with Crippen LogP contribution in [0.25, 0.3) is 0 Å². The molecule has 1 rings (SSSR count). The molecule has 0 unspecified atom stereocenters. The van der Waals surface area contributed by atoms with Crippen LogP contribution in [-0.4, -0.2) is 36.0 Å². The summed E-state index contributed by atoms with van der Waals surface area (Å²) in [6.07, 6.45) is 0.924. The summed E-state index contributed by atoms with van der Waals surface area (Å²) < 4.78 is 0. The van der Waals surface area contributed by atoms with Gasteiger partial charge in [0.05, 0.1) is 5.71 Å². The van der Waals surface area contributed by atoms with Crippen LogP contribution in [0.3, 0.4) is 0 Å². The van der Waals surface area contributed by atoms with Crippen LogP contribution >= 0.6 is 0 Å². The summed E-state index contributed by atoms with van der Waals surface area (Å²) >= 11 is 0. The second-order valence-corrected chi connectivity index (χ2v) is 2.15. The fraction of sp³-hybridized carbons (Fsp3) is 0.800. The van der Waals surface area contributed by atoms with Crippen LogP contribution in [0.4, 0.5) is 0 Å². The van der Waals surface area contributed by atoms with E-state index in [4.69, 9.17) is 5.21 Å². The van der Waals surface area contributed by atoms with Crippen molar-refractivity contribution >= 4 is 5.71 Å². The molecular weight excluding hydrogens is 104 g/mol. The maximum Gasteiger partial charge on any atom is 0.0723 e. The summed E-state index contributed by atoms with van der Waals surface area (Å²) in [5.74, 6) is 0. The molecule has 0 saturated carbocycles. The molecule has 0 aliphatic carbocycles. The molecule has 0 atom stereocenters. The Morgan fingerprint density at radius 1 is 1.75 bits per heavy atom. The van der Waals surface area contributed by atoms with Gasteiger partial charge >= 0.3 is 0 Å². The van der Waals surface area contributed by atoms with Crippen molar-refractivity contribution in [1.29, 1.82) is 0 Å². The van der Waals surface area contributed by atoms with E-state index in [2.05, 4.69) is 10.1 Å². The Hall–Kier alpha value is -0.570. The topological polar surface area (TPSA) is 35.8 Å². The first-order valence-corrected chi connectivity index (χ1v) is 2.71. The van der Waals surface area contributed by atoms with E-state index in [1.807, 2.05) is 7.05 Å². The van der Waals surface area contributed by atoms with Gasteiger partial charge in [0.25, 0.3) is 0 Å². The van der Waals surface area contributed by atoms with E-state index in [1.165, 1.54) is 0 Å². The van der Waals surface area contributed by atoms with Gasteiger partial charge in [0.15, 0.2) is 0 Å². The molecule has 0 spiro atoms. The SMILES string of the molecule is CN1CCC(=NO)C1. The van der Waals surface area contributed by atoms with Gasteiger partial charge in [-0.2, -0.15) is 0 Å². The third kappa shape index (κ3) is 0.980. The van der Waals surface area contributed by atoms with E-state index < -0.39 is 0 Å². The van der Waals surface area contributed by atoms with E-state index >= 15 is 0 Å². The monoisotopic (exact) mass is 114 g/mol. The molecular formula is C5H10N2O. The van der Waals surface area contributed by atoms with Gasteiger partial charge in [0.2, 0.25) is 0 Å². The summed E-state index contributed by atoms with van der Waals surface area (Å²) in [7, 11) is 2.01. The average molecular weight is 114 g/mol. The normalized spacial score (nSPS) is 27.4. The lowest BCUT2D eigenvalue weighted by Gasteiger charge is -2.00. The molecule has 1 heterocycles. The zero-order valence-electron chi connectivity index (χ0n) is 4.96. The van der Waals surface area contributed by atoms with Crippen molar-refractivity contribution in [3.05, 3.63) is 0 Å². The van der Waals surface area contributed by atoms with Gasteiger partial charge < -0.3 is 10.1 Å². The van der Waals surface area contributed by atoms with Gasteiger partial charge in [-0.3, -0.25) is 0 Å². The predicted molar refractivity (Wildman–Crippen MR) is 31.3 cm³/mol. The quantitative estimate of drug-likeness (QED) is 0.359. The standard InChI is InChI=1S/C5H10N2O/c1-7-3-2-5(4-7)6-8/h8H,2-4H2,1H3. The Morgan fingerprint density at radius 2 is 2.50 bits per heavy atom. The van der Waals surface area contributed by atoms with Crippen LogP contribution in [0.1, 0.15) is 6.42 Å². The Morgan fingerprint density at radius 3 is 2.75 bits per heavy atom. The summed E-state index contributed by atoms with van der Waals surface area (Å²) in [6.45, 7) is 1.86. The van der Waals surface area contributed by atoms with Gasteiger partial charge in [-0.05, 0) is 7.05 Å². The molecule has 0 aromatic rings. The number of likely N-dealkylation sites (tertiary alicyclic amines) is 1. The van der Waals surface area contributed by atoms with Crippen molar-refractivity contribution in [2.45, 2.75) is 6.42 Å². The summed E-state index contributed by atoms with van der Waals surface area (Å²) in [6, 6.07) is 0. The van der Waals surface area contributed by atoms with Gasteiger partial charge in [0.1, 0.15) is 0 Å². The highest BCUT2D eigenvalue weighted by Crippen LogP contribution is 2.00. The van der Waals surface area contributed by atoms with Gasteiger partial charge in [-0.15, -0.1) is 0 Å². The lowest BCUT2D eigenvalue weighted by atomic mass is 10.3. The first kappa shape index (κ1) is 5.56. The molecule has 1 saturated heterocycles. The van der Waals surface area contributed by atoms with E-state index in [-0.39, 0.29) is 0 Å². The molecule has 0 bridgehead atoms. The number of rotatable bonds is 0. The largest absolute Gasteiger partial charge is 0.411 e. The predicted octanol–water partition coefficient (Wildman–Crippen LogP) is 0.152. The molecule has 0 radical (unpaired) electrons. The number of oxime groups is 1. The van der Waals surface area contributed by atoms with Crippen LogP contribution in [0, 0.1) is 0 Å². The number of hydrogen-bond donors (Lipinski definition) is 1. The van der Waals surface area contributed by atoms with Crippen molar-refractivity contribution in [1.82, 2.24) is 4.90 Å². The van der Waals surface area contributed by atoms with Crippen LogP contribution in [0.2, 0.25) is 0 Å². The molecule has 1 N–H and O–H groups in total. The van der Waals surface area contributed by atoms with Gasteiger partial charge in [0, 0.05) is 19.5 Å². The number of nitrogens with zero attached hydrogens (tertiary/aromatic N) is 2. The summed E-state index contributed by atoms with van der Waals surface area (Å²) in [5.41, 5.74) is 0.896. The van der Waals surface area contributed by atoms with Crippen LogP contribution in [0.5, 0.6) is 0 Å². The molecule has 1 aliphatic heterocycles. The summed E-state index contributed by atoms with van der Waals surface area (Å²) in [5, 5.41) is 11.4. The third-order valence-electron chi connectivity index (χ3n) is 1.38. The summed E-state index contributed by atoms with van der Waals surface area (Å²) in [4.78, 5) is 2.12. The van der Waals surface area contributed by atoms with Crippen LogP contribution < -0.4 is 0 Å². The second kappa shape index (κ2) is 2.13. The maximum atomic E-state index is 8.25. The van der Waals surface area contributed by atoms with Crippen molar-refractivity contribution in [2.24, 2.45) is 5.16 Å². The first-order chi connectivity index (χ1) is 3.83. The minimum Gasteiger partial charge on any atom is -0.411 e. The highest BCUT2D eigenvalue weighted by molar-refractivity contribution is 5.87. The van der Waals surface area contributed by atoms with E-state index in [0.29, 0.717) is 0 Å². The van der Waals surface area contributed by atoms with Crippen LogP contribution in [-0.2, 0) is 0 Å². The van der Waals surface area contributed by atoms with Crippen molar-refractivity contribution in [3.63, 3.8) is 0 Å². The van der Waals surface area contributed by atoms with E-state index in [0.717, 1.165) is 25.2 Å². The molecule has 0 aromatic carbocycles. The maximum absolute atomic E-state index is 8.25. The Balaban J connectivity index is 2.44.